The fraction of sp³-hybridized carbons (Fsp3) is 0.250. The SMILES string of the molecule is Cc1cnnc2c1/C(=N/NC(=N)N)CC(c1cc(Cl)ccc1Cl)C2. The lowest BCUT2D eigenvalue weighted by molar-refractivity contribution is 0.663. The standard InChI is InChI=1S/C16H16Cl2N6/c1-8-7-21-22-13-4-9(11-6-10(17)2-3-12(11)18)5-14(15(8)13)23-24-16(19)20/h2-3,6-7,9H,4-5H2,1H3,(H4,19,20,24)/b23-14+. The Morgan fingerprint density at radius 1 is 1.38 bits per heavy atom. The van der Waals surface area contributed by atoms with Crippen LogP contribution in [0.25, 0.3) is 0 Å². The van der Waals surface area contributed by atoms with Crippen molar-refractivity contribution in [1.29, 1.82) is 5.41 Å². The van der Waals surface area contributed by atoms with E-state index in [-0.39, 0.29) is 11.9 Å². The van der Waals surface area contributed by atoms with Crippen LogP contribution < -0.4 is 11.2 Å². The number of hydrazone groups is 1. The van der Waals surface area contributed by atoms with Crippen LogP contribution in [0.1, 0.15) is 34.7 Å². The number of aromatic nitrogens is 2. The van der Waals surface area contributed by atoms with E-state index in [1.165, 1.54) is 0 Å². The minimum Gasteiger partial charge on any atom is -0.369 e. The molecule has 0 aliphatic heterocycles. The zero-order valence-corrected chi connectivity index (χ0v) is 14.5. The Hall–Kier alpha value is -2.18. The summed E-state index contributed by atoms with van der Waals surface area (Å²) in [5.41, 5.74) is 12.4. The van der Waals surface area contributed by atoms with Crippen molar-refractivity contribution in [1.82, 2.24) is 15.6 Å². The van der Waals surface area contributed by atoms with Crippen LogP contribution >= 0.6 is 23.2 Å². The van der Waals surface area contributed by atoms with Gasteiger partial charge >= 0.3 is 0 Å². The minimum absolute atomic E-state index is 0.0762. The molecule has 124 valence electrons. The topological polar surface area (TPSA) is 100 Å². The van der Waals surface area contributed by atoms with Gasteiger partial charge in [0.05, 0.1) is 17.6 Å². The molecular formula is C16H16Cl2N6. The van der Waals surface area contributed by atoms with Crippen LogP contribution in [-0.4, -0.2) is 21.9 Å². The van der Waals surface area contributed by atoms with Crippen LogP contribution in [0.5, 0.6) is 0 Å². The Morgan fingerprint density at radius 2 is 2.17 bits per heavy atom. The number of nitrogens with one attached hydrogen (secondary N) is 2. The number of benzene rings is 1. The molecule has 0 radical (unpaired) electrons. The minimum atomic E-state index is -0.216. The summed E-state index contributed by atoms with van der Waals surface area (Å²) in [6, 6.07) is 5.43. The Morgan fingerprint density at radius 3 is 2.92 bits per heavy atom. The molecule has 0 bridgehead atoms. The predicted molar refractivity (Wildman–Crippen MR) is 95.9 cm³/mol. The zero-order valence-electron chi connectivity index (χ0n) is 13.0. The highest BCUT2D eigenvalue weighted by Gasteiger charge is 2.29. The Kier molecular flexibility index (Phi) is 4.69. The third-order valence-corrected chi connectivity index (χ3v) is 4.57. The molecule has 24 heavy (non-hydrogen) atoms. The first-order valence-electron chi connectivity index (χ1n) is 7.38. The lowest BCUT2D eigenvalue weighted by Gasteiger charge is -2.27. The third kappa shape index (κ3) is 3.34. The summed E-state index contributed by atoms with van der Waals surface area (Å²) in [5, 5.41) is 21.2. The van der Waals surface area contributed by atoms with E-state index in [1.54, 1.807) is 18.3 Å². The van der Waals surface area contributed by atoms with Crippen molar-refractivity contribution >= 4 is 34.9 Å². The van der Waals surface area contributed by atoms with Crippen LogP contribution in [0.4, 0.5) is 0 Å². The molecule has 8 heteroatoms. The van der Waals surface area contributed by atoms with Crippen molar-refractivity contribution in [3.05, 3.63) is 56.8 Å². The molecular weight excluding hydrogens is 347 g/mol. The van der Waals surface area contributed by atoms with Gasteiger partial charge in [0.15, 0.2) is 0 Å². The summed E-state index contributed by atoms with van der Waals surface area (Å²) in [6.07, 6.45) is 3.04. The van der Waals surface area contributed by atoms with Crippen LogP contribution in [0, 0.1) is 12.3 Å². The highest BCUT2D eigenvalue weighted by Crippen LogP contribution is 2.37. The molecule has 1 unspecified atom stereocenters. The van der Waals surface area contributed by atoms with Gasteiger partial charge in [-0.1, -0.05) is 23.2 Å². The monoisotopic (exact) mass is 362 g/mol. The summed E-state index contributed by atoms with van der Waals surface area (Å²) in [6.45, 7) is 1.96. The number of rotatable bonds is 2. The first-order chi connectivity index (χ1) is 11.5. The van der Waals surface area contributed by atoms with Gasteiger partial charge in [-0.05, 0) is 55.0 Å². The van der Waals surface area contributed by atoms with Crippen molar-refractivity contribution in [2.75, 3.05) is 0 Å². The molecule has 1 heterocycles. The average Bonchev–Trinajstić information content (AvgIpc) is 2.54. The molecule has 1 aliphatic carbocycles. The molecule has 1 aromatic carbocycles. The number of halogens is 2. The summed E-state index contributed by atoms with van der Waals surface area (Å²) < 4.78 is 0. The molecule has 1 aliphatic rings. The fourth-order valence-electron chi connectivity index (χ4n) is 2.98. The maximum atomic E-state index is 7.32. The quantitative estimate of drug-likeness (QED) is 0.434. The van der Waals surface area contributed by atoms with Gasteiger partial charge in [0.2, 0.25) is 5.96 Å². The Labute approximate surface area is 149 Å². The average molecular weight is 363 g/mol. The maximum Gasteiger partial charge on any atom is 0.206 e. The maximum absolute atomic E-state index is 7.32. The molecule has 4 N–H and O–H groups in total. The number of nitrogens with two attached hydrogens (primary N) is 1. The number of aryl methyl sites for hydroxylation is 1. The van der Waals surface area contributed by atoms with Crippen LogP contribution in [0.15, 0.2) is 29.5 Å². The van der Waals surface area contributed by atoms with Gasteiger partial charge in [0, 0.05) is 15.6 Å². The highest BCUT2D eigenvalue weighted by atomic mass is 35.5. The first-order valence-corrected chi connectivity index (χ1v) is 8.14. The molecule has 0 spiro atoms. The molecule has 6 nitrogen and oxygen atoms in total. The van der Waals surface area contributed by atoms with E-state index < -0.39 is 0 Å². The molecule has 1 atom stereocenters. The molecule has 0 saturated heterocycles. The zero-order chi connectivity index (χ0) is 17.3. The largest absolute Gasteiger partial charge is 0.369 e. The second-order valence-corrected chi connectivity index (χ2v) is 6.55. The van der Waals surface area contributed by atoms with E-state index in [1.807, 2.05) is 13.0 Å². The van der Waals surface area contributed by atoms with Gasteiger partial charge in [0.1, 0.15) is 0 Å². The Bertz CT molecular complexity index is 833. The highest BCUT2D eigenvalue weighted by molar-refractivity contribution is 6.33. The van der Waals surface area contributed by atoms with E-state index in [0.717, 1.165) is 28.1 Å². The molecule has 3 rings (SSSR count). The van der Waals surface area contributed by atoms with E-state index in [0.29, 0.717) is 22.9 Å². The van der Waals surface area contributed by atoms with Gasteiger partial charge < -0.3 is 5.73 Å². The molecule has 2 aromatic rings. The van der Waals surface area contributed by atoms with Gasteiger partial charge in [-0.2, -0.15) is 15.3 Å². The normalized spacial score (nSPS) is 18.3. The smallest absolute Gasteiger partial charge is 0.206 e. The lowest BCUT2D eigenvalue weighted by atomic mass is 9.80. The van der Waals surface area contributed by atoms with Crippen LogP contribution in [-0.2, 0) is 6.42 Å². The molecule has 0 fully saturated rings. The van der Waals surface area contributed by atoms with Crippen molar-refractivity contribution < 1.29 is 0 Å². The molecule has 0 saturated carbocycles. The van der Waals surface area contributed by atoms with E-state index in [9.17, 15) is 0 Å². The number of hydrogen-bond donors (Lipinski definition) is 3. The van der Waals surface area contributed by atoms with Crippen molar-refractivity contribution in [3.8, 4) is 0 Å². The summed E-state index contributed by atoms with van der Waals surface area (Å²) in [4.78, 5) is 0. The van der Waals surface area contributed by atoms with Gasteiger partial charge in [0.25, 0.3) is 0 Å². The number of nitrogens with zero attached hydrogens (tertiary/aromatic N) is 3. The number of hydrogen-bond acceptors (Lipinski definition) is 4. The predicted octanol–water partition coefficient (Wildman–Crippen LogP) is 3.01. The van der Waals surface area contributed by atoms with Gasteiger partial charge in [-0.3, -0.25) is 5.41 Å². The van der Waals surface area contributed by atoms with Crippen molar-refractivity contribution in [2.45, 2.75) is 25.7 Å². The second kappa shape index (κ2) is 6.75. The van der Waals surface area contributed by atoms with Crippen molar-refractivity contribution in [2.24, 2.45) is 10.8 Å². The van der Waals surface area contributed by atoms with Crippen LogP contribution in [0.3, 0.4) is 0 Å². The number of fused-ring (bicyclic) bond motifs is 1. The van der Waals surface area contributed by atoms with Gasteiger partial charge in [-0.25, -0.2) is 5.43 Å². The van der Waals surface area contributed by atoms with Gasteiger partial charge in [-0.15, -0.1) is 0 Å². The van der Waals surface area contributed by atoms with E-state index >= 15 is 0 Å². The van der Waals surface area contributed by atoms with E-state index in [4.69, 9.17) is 34.3 Å². The van der Waals surface area contributed by atoms with E-state index in [2.05, 4.69) is 20.7 Å². The number of guanidine groups is 1. The fourth-order valence-corrected chi connectivity index (χ4v) is 3.43. The third-order valence-electron chi connectivity index (χ3n) is 3.99. The summed E-state index contributed by atoms with van der Waals surface area (Å²) >= 11 is 12.5. The first kappa shape index (κ1) is 16.7. The summed E-state index contributed by atoms with van der Waals surface area (Å²) in [5.74, 6) is -0.140. The second-order valence-electron chi connectivity index (χ2n) is 5.70. The van der Waals surface area contributed by atoms with Crippen LogP contribution in [0.2, 0.25) is 10.0 Å². The van der Waals surface area contributed by atoms with Crippen molar-refractivity contribution in [3.63, 3.8) is 0 Å². The lowest BCUT2D eigenvalue weighted by Crippen LogP contribution is -2.30. The molecule has 1 aromatic heterocycles. The molecule has 0 amide bonds. The summed E-state index contributed by atoms with van der Waals surface area (Å²) in [7, 11) is 0. The Balaban J connectivity index is 2.06.